The van der Waals surface area contributed by atoms with Crippen molar-refractivity contribution in [3.8, 4) is 0 Å². The van der Waals surface area contributed by atoms with Crippen LogP contribution in [0.1, 0.15) is 45.4 Å². The Bertz CT molecular complexity index is 256. The van der Waals surface area contributed by atoms with Crippen molar-refractivity contribution < 1.29 is 9.90 Å². The number of aliphatic hydroxyl groups excluding tert-OH is 1. The summed E-state index contributed by atoms with van der Waals surface area (Å²) in [5, 5.41) is 12.5. The quantitative estimate of drug-likeness (QED) is 0.770. The van der Waals surface area contributed by atoms with Gasteiger partial charge in [-0.15, -0.1) is 0 Å². The van der Waals surface area contributed by atoms with Gasteiger partial charge in [0.1, 0.15) is 0 Å². The van der Waals surface area contributed by atoms with Gasteiger partial charge in [-0.1, -0.05) is 12.8 Å². The number of carbonyl (C=O) groups is 1. The molecule has 4 heteroatoms. The van der Waals surface area contributed by atoms with Crippen molar-refractivity contribution in [3.05, 3.63) is 0 Å². The molecule has 1 unspecified atom stereocenters. The third-order valence-corrected chi connectivity index (χ3v) is 3.89. The Morgan fingerprint density at radius 1 is 1.24 bits per heavy atom. The van der Waals surface area contributed by atoms with Crippen molar-refractivity contribution in [2.45, 2.75) is 63.6 Å². The molecular weight excluding hydrogens is 216 g/mol. The van der Waals surface area contributed by atoms with Crippen LogP contribution in [0.25, 0.3) is 0 Å². The first-order chi connectivity index (χ1) is 8.16. The van der Waals surface area contributed by atoms with Gasteiger partial charge in [-0.3, -0.25) is 4.79 Å². The summed E-state index contributed by atoms with van der Waals surface area (Å²) in [5.41, 5.74) is 0. The first-order valence-electron chi connectivity index (χ1n) is 6.89. The maximum atomic E-state index is 12.2. The Hall–Kier alpha value is -0.610. The molecule has 2 fully saturated rings. The number of nitrogens with zero attached hydrogens (tertiary/aromatic N) is 1. The van der Waals surface area contributed by atoms with E-state index >= 15 is 0 Å². The minimum absolute atomic E-state index is 0.106. The first-order valence-corrected chi connectivity index (χ1v) is 6.89. The Morgan fingerprint density at radius 3 is 2.35 bits per heavy atom. The van der Waals surface area contributed by atoms with E-state index in [-0.39, 0.29) is 18.1 Å². The molecule has 1 aliphatic heterocycles. The Kier molecular flexibility index (Phi) is 4.40. The standard InChI is InChI=1S/C13H24N2O2/c1-10(14-11-8-12(16)9-11)13(17)15-6-4-2-3-5-7-15/h10-12,14,16H,2-9H2,1H3. The fraction of sp³-hybridized carbons (Fsp3) is 0.923. The molecule has 2 aliphatic rings. The number of aliphatic hydroxyl groups is 1. The summed E-state index contributed by atoms with van der Waals surface area (Å²) < 4.78 is 0. The van der Waals surface area contributed by atoms with Crippen LogP contribution in [0.5, 0.6) is 0 Å². The van der Waals surface area contributed by atoms with Crippen LogP contribution in [0.4, 0.5) is 0 Å². The monoisotopic (exact) mass is 240 g/mol. The molecule has 0 aromatic carbocycles. The van der Waals surface area contributed by atoms with Gasteiger partial charge >= 0.3 is 0 Å². The maximum absolute atomic E-state index is 12.2. The highest BCUT2D eigenvalue weighted by Gasteiger charge is 2.30. The summed E-state index contributed by atoms with van der Waals surface area (Å²) in [6.07, 6.45) is 6.20. The normalized spacial score (nSPS) is 31.5. The molecule has 1 amide bonds. The molecule has 98 valence electrons. The zero-order valence-electron chi connectivity index (χ0n) is 10.7. The van der Waals surface area contributed by atoms with Crippen LogP contribution in [0.15, 0.2) is 0 Å². The van der Waals surface area contributed by atoms with Crippen LogP contribution in [0, 0.1) is 0 Å². The molecule has 1 aliphatic carbocycles. The first kappa shape index (κ1) is 12.8. The molecule has 1 atom stereocenters. The molecular formula is C13H24N2O2. The van der Waals surface area contributed by atoms with Gasteiger partial charge in [0.15, 0.2) is 0 Å². The van der Waals surface area contributed by atoms with Crippen LogP contribution >= 0.6 is 0 Å². The average Bonchev–Trinajstić information content (AvgIpc) is 2.54. The SMILES string of the molecule is CC(NC1CC(O)C1)C(=O)N1CCCCCC1. The van der Waals surface area contributed by atoms with E-state index in [1.165, 1.54) is 12.8 Å². The van der Waals surface area contributed by atoms with E-state index in [0.29, 0.717) is 6.04 Å². The van der Waals surface area contributed by atoms with Crippen molar-refractivity contribution in [1.82, 2.24) is 10.2 Å². The molecule has 0 aromatic heterocycles. The largest absolute Gasteiger partial charge is 0.393 e. The van der Waals surface area contributed by atoms with Crippen LogP contribution in [0.2, 0.25) is 0 Å². The molecule has 2 rings (SSSR count). The number of rotatable bonds is 3. The number of hydrogen-bond donors (Lipinski definition) is 2. The maximum Gasteiger partial charge on any atom is 0.239 e. The summed E-state index contributed by atoms with van der Waals surface area (Å²) >= 11 is 0. The molecule has 1 saturated carbocycles. The predicted molar refractivity (Wildman–Crippen MR) is 66.7 cm³/mol. The Balaban J connectivity index is 1.77. The Labute approximate surface area is 103 Å². The zero-order valence-corrected chi connectivity index (χ0v) is 10.7. The lowest BCUT2D eigenvalue weighted by atomic mass is 9.89. The van der Waals surface area contributed by atoms with Gasteiger partial charge < -0.3 is 15.3 Å². The summed E-state index contributed by atoms with van der Waals surface area (Å²) in [7, 11) is 0. The van der Waals surface area contributed by atoms with Crippen molar-refractivity contribution in [3.63, 3.8) is 0 Å². The molecule has 0 bridgehead atoms. The number of nitrogens with one attached hydrogen (secondary N) is 1. The summed E-state index contributed by atoms with van der Waals surface area (Å²) in [6, 6.07) is 0.224. The molecule has 1 saturated heterocycles. The summed E-state index contributed by atoms with van der Waals surface area (Å²) in [6.45, 7) is 3.77. The molecule has 0 aromatic rings. The second-order valence-corrected chi connectivity index (χ2v) is 5.45. The van der Waals surface area contributed by atoms with Crippen LogP contribution < -0.4 is 5.32 Å². The highest BCUT2D eigenvalue weighted by molar-refractivity contribution is 5.81. The molecule has 2 N–H and O–H groups in total. The molecule has 0 radical (unpaired) electrons. The van der Waals surface area contributed by atoms with Gasteiger partial charge in [0.05, 0.1) is 12.1 Å². The molecule has 4 nitrogen and oxygen atoms in total. The zero-order chi connectivity index (χ0) is 12.3. The van der Waals surface area contributed by atoms with Crippen LogP contribution in [-0.4, -0.2) is 47.2 Å². The smallest absolute Gasteiger partial charge is 0.239 e. The second-order valence-electron chi connectivity index (χ2n) is 5.45. The number of hydrogen-bond acceptors (Lipinski definition) is 3. The van der Waals surface area contributed by atoms with E-state index in [1.54, 1.807) is 0 Å². The van der Waals surface area contributed by atoms with E-state index < -0.39 is 0 Å². The molecule has 1 heterocycles. The number of likely N-dealkylation sites (tertiary alicyclic amines) is 1. The summed E-state index contributed by atoms with van der Waals surface area (Å²) in [5.74, 6) is 0.230. The van der Waals surface area contributed by atoms with E-state index in [2.05, 4.69) is 5.32 Å². The van der Waals surface area contributed by atoms with Crippen molar-refractivity contribution >= 4 is 5.91 Å². The lowest BCUT2D eigenvalue weighted by Crippen LogP contribution is -2.53. The lowest BCUT2D eigenvalue weighted by molar-refractivity contribution is -0.133. The van der Waals surface area contributed by atoms with Gasteiger partial charge in [0.2, 0.25) is 5.91 Å². The van der Waals surface area contributed by atoms with E-state index in [1.807, 2.05) is 11.8 Å². The third kappa shape index (κ3) is 3.42. The topological polar surface area (TPSA) is 52.6 Å². The average molecular weight is 240 g/mol. The van der Waals surface area contributed by atoms with Gasteiger partial charge in [0.25, 0.3) is 0 Å². The second kappa shape index (κ2) is 5.83. The molecule has 0 spiro atoms. The fourth-order valence-corrected chi connectivity index (χ4v) is 2.71. The van der Waals surface area contributed by atoms with Gasteiger partial charge in [-0.05, 0) is 32.6 Å². The van der Waals surface area contributed by atoms with Gasteiger partial charge in [-0.2, -0.15) is 0 Å². The van der Waals surface area contributed by atoms with E-state index in [0.717, 1.165) is 38.8 Å². The number of carbonyl (C=O) groups excluding carboxylic acids is 1. The number of amides is 1. The lowest BCUT2D eigenvalue weighted by Gasteiger charge is -2.35. The van der Waals surface area contributed by atoms with Gasteiger partial charge in [-0.25, -0.2) is 0 Å². The summed E-state index contributed by atoms with van der Waals surface area (Å²) in [4.78, 5) is 14.2. The van der Waals surface area contributed by atoms with Crippen LogP contribution in [0.3, 0.4) is 0 Å². The Morgan fingerprint density at radius 2 is 1.82 bits per heavy atom. The minimum atomic E-state index is -0.159. The van der Waals surface area contributed by atoms with Gasteiger partial charge in [0, 0.05) is 19.1 Å². The van der Waals surface area contributed by atoms with Crippen molar-refractivity contribution in [2.75, 3.05) is 13.1 Å². The van der Waals surface area contributed by atoms with Crippen molar-refractivity contribution in [2.24, 2.45) is 0 Å². The predicted octanol–water partition coefficient (Wildman–Crippen LogP) is 0.890. The fourth-order valence-electron chi connectivity index (χ4n) is 2.71. The minimum Gasteiger partial charge on any atom is -0.393 e. The van der Waals surface area contributed by atoms with E-state index in [9.17, 15) is 9.90 Å². The van der Waals surface area contributed by atoms with E-state index in [4.69, 9.17) is 0 Å². The highest BCUT2D eigenvalue weighted by atomic mass is 16.3. The highest BCUT2D eigenvalue weighted by Crippen LogP contribution is 2.20. The van der Waals surface area contributed by atoms with Crippen molar-refractivity contribution in [1.29, 1.82) is 0 Å². The van der Waals surface area contributed by atoms with Crippen LogP contribution in [-0.2, 0) is 4.79 Å². The molecule has 17 heavy (non-hydrogen) atoms. The third-order valence-electron chi connectivity index (χ3n) is 3.89.